The van der Waals surface area contributed by atoms with Gasteiger partial charge in [-0.1, -0.05) is 12.1 Å². The van der Waals surface area contributed by atoms with Crippen molar-refractivity contribution in [2.24, 2.45) is 0 Å². The van der Waals surface area contributed by atoms with Crippen LogP contribution in [0.2, 0.25) is 0 Å². The molecule has 0 saturated carbocycles. The number of aliphatic hydroxyl groups is 1. The fourth-order valence-electron chi connectivity index (χ4n) is 2.04. The van der Waals surface area contributed by atoms with Crippen LogP contribution in [0.3, 0.4) is 0 Å². The van der Waals surface area contributed by atoms with E-state index in [9.17, 15) is 9.90 Å². The van der Waals surface area contributed by atoms with Crippen LogP contribution in [-0.4, -0.2) is 29.1 Å². The maximum absolute atomic E-state index is 11.4. The third-order valence-electron chi connectivity index (χ3n) is 2.81. The van der Waals surface area contributed by atoms with E-state index in [1.54, 1.807) is 24.1 Å². The minimum absolute atomic E-state index is 0.0325. The molecule has 0 aliphatic carbocycles. The van der Waals surface area contributed by atoms with Crippen LogP contribution in [0.5, 0.6) is 0 Å². The minimum Gasteiger partial charge on any atom is -0.399 e. The normalized spacial score (nSPS) is 26.0. The Bertz CT molecular complexity index is 392. The highest BCUT2D eigenvalue weighted by molar-refractivity contribution is 5.79. The predicted octanol–water partition coefficient (Wildman–Crippen LogP) is 0.533. The van der Waals surface area contributed by atoms with Gasteiger partial charge in [0.1, 0.15) is 0 Å². The van der Waals surface area contributed by atoms with Gasteiger partial charge in [0.25, 0.3) is 0 Å². The molecule has 1 aromatic carbocycles. The number of anilines is 1. The summed E-state index contributed by atoms with van der Waals surface area (Å²) in [6, 6.07) is 7.02. The summed E-state index contributed by atoms with van der Waals surface area (Å²) in [5.41, 5.74) is 7.20. The summed E-state index contributed by atoms with van der Waals surface area (Å²) in [5, 5.41) is 9.77. The van der Waals surface area contributed by atoms with Gasteiger partial charge in [0.05, 0.1) is 18.6 Å². The van der Waals surface area contributed by atoms with Gasteiger partial charge in [-0.3, -0.25) is 4.79 Å². The topological polar surface area (TPSA) is 66.6 Å². The van der Waals surface area contributed by atoms with Crippen LogP contribution < -0.4 is 5.73 Å². The van der Waals surface area contributed by atoms with Gasteiger partial charge >= 0.3 is 0 Å². The zero-order chi connectivity index (χ0) is 11.0. The molecule has 0 spiro atoms. The molecule has 3 N–H and O–H groups in total. The number of amides is 1. The number of carbonyl (C=O) groups excluding carboxylic acids is 1. The number of rotatable bonds is 1. The van der Waals surface area contributed by atoms with Gasteiger partial charge in [-0.15, -0.1) is 0 Å². The summed E-state index contributed by atoms with van der Waals surface area (Å²) >= 11 is 0. The second kappa shape index (κ2) is 3.55. The summed E-state index contributed by atoms with van der Waals surface area (Å²) < 4.78 is 0. The first-order valence-electron chi connectivity index (χ1n) is 4.89. The largest absolute Gasteiger partial charge is 0.399 e. The summed E-state index contributed by atoms with van der Waals surface area (Å²) in [4.78, 5) is 13.0. The third-order valence-corrected chi connectivity index (χ3v) is 2.81. The molecule has 0 bridgehead atoms. The number of aliphatic hydroxyl groups excluding tert-OH is 1. The van der Waals surface area contributed by atoms with E-state index in [4.69, 9.17) is 5.73 Å². The third kappa shape index (κ3) is 1.68. The fraction of sp³-hybridized carbons (Fsp3) is 0.364. The van der Waals surface area contributed by atoms with Crippen LogP contribution in [0.4, 0.5) is 5.69 Å². The average Bonchev–Trinajstić information content (AvgIpc) is 2.41. The van der Waals surface area contributed by atoms with E-state index >= 15 is 0 Å². The Morgan fingerprint density at radius 1 is 1.53 bits per heavy atom. The van der Waals surface area contributed by atoms with Crippen molar-refractivity contribution in [1.29, 1.82) is 0 Å². The van der Waals surface area contributed by atoms with Crippen LogP contribution in [0.15, 0.2) is 24.3 Å². The van der Waals surface area contributed by atoms with Crippen LogP contribution in [0.25, 0.3) is 0 Å². The number of hydrogen-bond acceptors (Lipinski definition) is 3. The standard InChI is InChI=1S/C11H14N2O2/c1-13-10(15)6-9(14)11(13)7-3-2-4-8(12)5-7/h2-5,9,11,14H,6,12H2,1H3. The molecule has 2 atom stereocenters. The molecule has 4 heteroatoms. The van der Waals surface area contributed by atoms with Crippen molar-refractivity contribution >= 4 is 11.6 Å². The van der Waals surface area contributed by atoms with Crippen molar-refractivity contribution in [3.8, 4) is 0 Å². The Labute approximate surface area is 88.3 Å². The van der Waals surface area contributed by atoms with Crippen LogP contribution in [0, 0.1) is 0 Å². The van der Waals surface area contributed by atoms with Crippen LogP contribution in [0.1, 0.15) is 18.0 Å². The van der Waals surface area contributed by atoms with E-state index < -0.39 is 6.10 Å². The first kappa shape index (κ1) is 9.98. The molecule has 1 fully saturated rings. The number of carbonyl (C=O) groups is 1. The van der Waals surface area contributed by atoms with Crippen molar-refractivity contribution in [2.45, 2.75) is 18.6 Å². The highest BCUT2D eigenvalue weighted by Gasteiger charge is 2.37. The first-order valence-corrected chi connectivity index (χ1v) is 4.89. The fourth-order valence-corrected chi connectivity index (χ4v) is 2.04. The number of nitrogens with zero attached hydrogens (tertiary/aromatic N) is 1. The molecule has 15 heavy (non-hydrogen) atoms. The number of benzene rings is 1. The molecule has 2 rings (SSSR count). The summed E-state index contributed by atoms with van der Waals surface area (Å²) in [6.07, 6.45) is -0.444. The van der Waals surface area contributed by atoms with Gasteiger partial charge in [0.2, 0.25) is 5.91 Å². The second-order valence-electron chi connectivity index (χ2n) is 3.89. The second-order valence-corrected chi connectivity index (χ2v) is 3.89. The number of likely N-dealkylation sites (tertiary alicyclic amines) is 1. The quantitative estimate of drug-likeness (QED) is 0.659. The van der Waals surface area contributed by atoms with Gasteiger partial charge in [-0.25, -0.2) is 0 Å². The van der Waals surface area contributed by atoms with Crippen LogP contribution >= 0.6 is 0 Å². The number of nitrogen functional groups attached to an aromatic ring is 1. The first-order chi connectivity index (χ1) is 7.09. The number of hydrogen-bond donors (Lipinski definition) is 2. The minimum atomic E-state index is -0.635. The van der Waals surface area contributed by atoms with Gasteiger partial charge in [-0.2, -0.15) is 0 Å². The Hall–Kier alpha value is -1.55. The maximum atomic E-state index is 11.4. The molecule has 1 aromatic rings. The van der Waals surface area contributed by atoms with E-state index in [2.05, 4.69) is 0 Å². The van der Waals surface area contributed by atoms with E-state index in [0.717, 1.165) is 5.56 Å². The van der Waals surface area contributed by atoms with Crippen molar-refractivity contribution < 1.29 is 9.90 Å². The molecule has 2 unspecified atom stereocenters. The zero-order valence-corrected chi connectivity index (χ0v) is 8.55. The molecule has 1 aliphatic rings. The Morgan fingerprint density at radius 2 is 2.27 bits per heavy atom. The van der Waals surface area contributed by atoms with Gasteiger partial charge < -0.3 is 15.7 Å². The summed E-state index contributed by atoms with van der Waals surface area (Å²) in [7, 11) is 1.70. The van der Waals surface area contributed by atoms with E-state index in [1.165, 1.54) is 0 Å². The molecule has 1 heterocycles. The SMILES string of the molecule is CN1C(=O)CC(O)C1c1cccc(N)c1. The lowest BCUT2D eigenvalue weighted by atomic mass is 10.0. The van der Waals surface area contributed by atoms with Gasteiger partial charge in [0, 0.05) is 12.7 Å². The van der Waals surface area contributed by atoms with Crippen molar-refractivity contribution in [2.75, 3.05) is 12.8 Å². The van der Waals surface area contributed by atoms with Crippen molar-refractivity contribution in [3.63, 3.8) is 0 Å². The highest BCUT2D eigenvalue weighted by atomic mass is 16.3. The molecule has 1 saturated heterocycles. The highest BCUT2D eigenvalue weighted by Crippen LogP contribution is 2.32. The number of likely N-dealkylation sites (N-methyl/N-ethyl adjacent to an activating group) is 1. The molecule has 1 amide bonds. The summed E-state index contributed by atoms with van der Waals surface area (Å²) in [5.74, 6) is -0.0325. The van der Waals surface area contributed by atoms with Crippen molar-refractivity contribution in [3.05, 3.63) is 29.8 Å². The van der Waals surface area contributed by atoms with Crippen LogP contribution in [-0.2, 0) is 4.79 Å². The lowest BCUT2D eigenvalue weighted by Gasteiger charge is -2.22. The lowest BCUT2D eigenvalue weighted by molar-refractivity contribution is -0.127. The predicted molar refractivity (Wildman–Crippen MR) is 57.0 cm³/mol. The Morgan fingerprint density at radius 3 is 2.80 bits per heavy atom. The van der Waals surface area contributed by atoms with Gasteiger partial charge in [-0.05, 0) is 17.7 Å². The molecule has 0 radical (unpaired) electrons. The maximum Gasteiger partial charge on any atom is 0.225 e. The Kier molecular flexibility index (Phi) is 2.36. The molecule has 4 nitrogen and oxygen atoms in total. The molecular formula is C11H14N2O2. The van der Waals surface area contributed by atoms with E-state index in [0.29, 0.717) is 5.69 Å². The van der Waals surface area contributed by atoms with Crippen molar-refractivity contribution in [1.82, 2.24) is 4.90 Å². The average molecular weight is 206 g/mol. The monoisotopic (exact) mass is 206 g/mol. The molecule has 80 valence electrons. The lowest BCUT2D eigenvalue weighted by Crippen LogP contribution is -2.25. The molecule has 0 aromatic heterocycles. The van der Waals surface area contributed by atoms with Gasteiger partial charge in [0.15, 0.2) is 0 Å². The Balaban J connectivity index is 2.34. The molecular weight excluding hydrogens is 192 g/mol. The smallest absolute Gasteiger partial charge is 0.225 e. The summed E-state index contributed by atoms with van der Waals surface area (Å²) in [6.45, 7) is 0. The number of nitrogens with two attached hydrogens (primary N) is 1. The zero-order valence-electron chi connectivity index (χ0n) is 8.55. The van der Waals surface area contributed by atoms with E-state index in [1.807, 2.05) is 12.1 Å². The molecule has 1 aliphatic heterocycles. The van der Waals surface area contributed by atoms with E-state index in [-0.39, 0.29) is 18.4 Å².